The Morgan fingerprint density at radius 1 is 1.18 bits per heavy atom. The third-order valence-corrected chi connectivity index (χ3v) is 5.76. The van der Waals surface area contributed by atoms with Gasteiger partial charge in [0.2, 0.25) is 5.91 Å². The van der Waals surface area contributed by atoms with E-state index < -0.39 is 23.9 Å². The van der Waals surface area contributed by atoms with Crippen LogP contribution in [0.5, 0.6) is 0 Å². The lowest BCUT2D eigenvalue weighted by Gasteiger charge is -2.18. The highest BCUT2D eigenvalue weighted by molar-refractivity contribution is 5.79. The highest BCUT2D eigenvalue weighted by atomic mass is 19.3. The molecule has 0 spiro atoms. The van der Waals surface area contributed by atoms with E-state index in [9.17, 15) is 26.7 Å². The molecule has 0 bridgehead atoms. The predicted octanol–water partition coefficient (Wildman–Crippen LogP) is 4.40. The quantitative estimate of drug-likeness (QED) is 0.421. The zero-order valence-electron chi connectivity index (χ0n) is 18.5. The maximum Gasteiger partial charge on any atom is 0.295 e. The number of hydrogen-bond donors (Lipinski definition) is 1. The Kier molecular flexibility index (Phi) is 6.54. The molecule has 4 rings (SSSR count). The van der Waals surface area contributed by atoms with E-state index in [1.807, 2.05) is 0 Å². The molecule has 1 atom stereocenters. The standard InChI is InChI=1S/C23H22F5N5O/c1-12-15(18-11-32(2)23(31-18)22(27)28)3-4-19(29-12)30-14-5-6-33(10-14)20(34)9-13-7-16(24)21(26)17(25)8-13/h3-4,7-8,11,14,22H,5-6,9-10H2,1-2H3,(H,29,30)/t14-/m0/s1. The van der Waals surface area contributed by atoms with Gasteiger partial charge in [0, 0.05) is 43.6 Å². The normalized spacial score (nSPS) is 15.9. The van der Waals surface area contributed by atoms with Crippen LogP contribution in [0.3, 0.4) is 0 Å². The number of carbonyl (C=O) groups excluding carboxylic acids is 1. The summed E-state index contributed by atoms with van der Waals surface area (Å²) in [6.07, 6.45) is -0.754. The summed E-state index contributed by atoms with van der Waals surface area (Å²) in [6, 6.07) is 5.01. The SMILES string of the molecule is Cc1nc(N[C@H]2CCN(C(=O)Cc3cc(F)c(F)c(F)c3)C2)ccc1-c1cn(C)c(C(F)F)n1. The van der Waals surface area contributed by atoms with Crippen molar-refractivity contribution >= 4 is 11.7 Å². The van der Waals surface area contributed by atoms with Gasteiger partial charge in [0.1, 0.15) is 5.82 Å². The number of alkyl halides is 2. The number of rotatable bonds is 6. The van der Waals surface area contributed by atoms with E-state index >= 15 is 0 Å². The number of imidazole rings is 1. The number of likely N-dealkylation sites (tertiary alicyclic amines) is 1. The zero-order valence-corrected chi connectivity index (χ0v) is 18.5. The Morgan fingerprint density at radius 3 is 2.50 bits per heavy atom. The number of aryl methyl sites for hydroxylation is 2. The molecule has 1 saturated heterocycles. The van der Waals surface area contributed by atoms with Crippen molar-refractivity contribution in [3.8, 4) is 11.3 Å². The molecule has 2 aromatic heterocycles. The van der Waals surface area contributed by atoms with E-state index in [1.165, 1.54) is 17.8 Å². The van der Waals surface area contributed by atoms with Gasteiger partial charge in [-0.2, -0.15) is 0 Å². The first-order chi connectivity index (χ1) is 16.1. The highest BCUT2D eigenvalue weighted by Crippen LogP contribution is 2.27. The minimum atomic E-state index is -2.68. The van der Waals surface area contributed by atoms with E-state index in [4.69, 9.17) is 0 Å². The molecule has 1 N–H and O–H groups in total. The smallest absolute Gasteiger partial charge is 0.295 e. The molecule has 0 aliphatic carbocycles. The minimum Gasteiger partial charge on any atom is -0.365 e. The van der Waals surface area contributed by atoms with Crippen molar-refractivity contribution in [1.82, 2.24) is 19.4 Å². The fraction of sp³-hybridized carbons (Fsp3) is 0.348. The summed E-state index contributed by atoms with van der Waals surface area (Å²) in [4.78, 5) is 22.6. The van der Waals surface area contributed by atoms with Crippen molar-refractivity contribution in [3.63, 3.8) is 0 Å². The molecule has 34 heavy (non-hydrogen) atoms. The molecule has 0 unspecified atom stereocenters. The molecule has 1 aliphatic heterocycles. The molecule has 11 heteroatoms. The van der Waals surface area contributed by atoms with Crippen molar-refractivity contribution < 1.29 is 26.7 Å². The van der Waals surface area contributed by atoms with Crippen LogP contribution in [0.4, 0.5) is 27.8 Å². The van der Waals surface area contributed by atoms with Crippen molar-refractivity contribution in [1.29, 1.82) is 0 Å². The van der Waals surface area contributed by atoms with Gasteiger partial charge in [0.15, 0.2) is 23.3 Å². The van der Waals surface area contributed by atoms with Gasteiger partial charge in [-0.25, -0.2) is 31.9 Å². The van der Waals surface area contributed by atoms with Crippen LogP contribution in [0.2, 0.25) is 0 Å². The second kappa shape index (κ2) is 9.40. The average Bonchev–Trinajstić information content (AvgIpc) is 3.39. The number of nitrogens with zero attached hydrogens (tertiary/aromatic N) is 4. The topological polar surface area (TPSA) is 63.1 Å². The Balaban J connectivity index is 1.38. The third-order valence-electron chi connectivity index (χ3n) is 5.76. The summed E-state index contributed by atoms with van der Waals surface area (Å²) in [5.41, 5.74) is 1.71. The Hall–Kier alpha value is -3.50. The van der Waals surface area contributed by atoms with Crippen LogP contribution in [0.15, 0.2) is 30.5 Å². The number of benzene rings is 1. The van der Waals surface area contributed by atoms with Crippen LogP contribution in [-0.2, 0) is 18.3 Å². The number of nitrogens with one attached hydrogen (secondary N) is 1. The molecular formula is C23H22F5N5O. The average molecular weight is 479 g/mol. The molecule has 180 valence electrons. The summed E-state index contributed by atoms with van der Waals surface area (Å²) in [5, 5.41) is 3.25. The minimum absolute atomic E-state index is 0.0650. The number of aromatic nitrogens is 3. The summed E-state index contributed by atoms with van der Waals surface area (Å²) >= 11 is 0. The fourth-order valence-electron chi connectivity index (χ4n) is 4.04. The molecule has 3 heterocycles. The number of halogens is 5. The Bertz CT molecular complexity index is 1210. The Labute approximate surface area is 192 Å². The van der Waals surface area contributed by atoms with Crippen LogP contribution in [-0.4, -0.2) is 44.5 Å². The molecule has 0 saturated carbocycles. The van der Waals surface area contributed by atoms with Gasteiger partial charge < -0.3 is 14.8 Å². The third kappa shape index (κ3) is 4.87. The first-order valence-corrected chi connectivity index (χ1v) is 10.6. The maximum atomic E-state index is 13.4. The van der Waals surface area contributed by atoms with E-state index in [2.05, 4.69) is 15.3 Å². The van der Waals surface area contributed by atoms with Gasteiger partial charge in [0.25, 0.3) is 6.43 Å². The van der Waals surface area contributed by atoms with E-state index in [0.717, 1.165) is 12.1 Å². The summed E-state index contributed by atoms with van der Waals surface area (Å²) in [5.74, 6) is -4.30. The van der Waals surface area contributed by atoms with Crippen LogP contribution in [0.25, 0.3) is 11.3 Å². The molecule has 1 fully saturated rings. The fourth-order valence-corrected chi connectivity index (χ4v) is 4.04. The summed E-state index contributed by atoms with van der Waals surface area (Å²) in [7, 11) is 1.51. The number of pyridine rings is 1. The van der Waals surface area contributed by atoms with Gasteiger partial charge in [-0.3, -0.25) is 4.79 Å². The first-order valence-electron chi connectivity index (χ1n) is 10.6. The number of amides is 1. The molecule has 0 radical (unpaired) electrons. The lowest BCUT2D eigenvalue weighted by Crippen LogP contribution is -2.32. The number of anilines is 1. The van der Waals surface area contributed by atoms with Gasteiger partial charge in [-0.1, -0.05) is 0 Å². The molecule has 6 nitrogen and oxygen atoms in total. The lowest BCUT2D eigenvalue weighted by molar-refractivity contribution is -0.129. The van der Waals surface area contributed by atoms with Gasteiger partial charge >= 0.3 is 0 Å². The van der Waals surface area contributed by atoms with Crippen LogP contribution < -0.4 is 5.32 Å². The second-order valence-corrected chi connectivity index (χ2v) is 8.25. The second-order valence-electron chi connectivity index (χ2n) is 8.25. The van der Waals surface area contributed by atoms with Gasteiger partial charge in [-0.05, 0) is 43.2 Å². The Morgan fingerprint density at radius 2 is 1.88 bits per heavy atom. The first kappa shape index (κ1) is 23.7. The van der Waals surface area contributed by atoms with Crippen LogP contribution in [0.1, 0.15) is 29.9 Å². The number of hydrogen-bond acceptors (Lipinski definition) is 4. The van der Waals surface area contributed by atoms with E-state index in [-0.39, 0.29) is 29.8 Å². The summed E-state index contributed by atoms with van der Waals surface area (Å²) < 4.78 is 67.3. The molecule has 1 aromatic carbocycles. The highest BCUT2D eigenvalue weighted by Gasteiger charge is 2.27. The number of carbonyl (C=O) groups is 1. The lowest BCUT2D eigenvalue weighted by atomic mass is 10.1. The van der Waals surface area contributed by atoms with Crippen LogP contribution >= 0.6 is 0 Å². The van der Waals surface area contributed by atoms with E-state index in [0.29, 0.717) is 42.3 Å². The van der Waals surface area contributed by atoms with E-state index in [1.54, 1.807) is 24.0 Å². The maximum absolute atomic E-state index is 13.4. The van der Waals surface area contributed by atoms with Crippen molar-refractivity contribution in [2.75, 3.05) is 18.4 Å². The van der Waals surface area contributed by atoms with Gasteiger partial charge in [0.05, 0.1) is 12.1 Å². The monoisotopic (exact) mass is 479 g/mol. The molecule has 3 aromatic rings. The van der Waals surface area contributed by atoms with Crippen molar-refractivity contribution in [3.05, 3.63) is 65.0 Å². The molecule has 1 amide bonds. The van der Waals surface area contributed by atoms with Crippen LogP contribution in [0, 0.1) is 24.4 Å². The zero-order chi connectivity index (χ0) is 24.6. The summed E-state index contributed by atoms with van der Waals surface area (Å²) in [6.45, 7) is 2.57. The predicted molar refractivity (Wildman–Crippen MR) is 115 cm³/mol. The largest absolute Gasteiger partial charge is 0.365 e. The molecular weight excluding hydrogens is 457 g/mol. The van der Waals surface area contributed by atoms with Gasteiger partial charge in [-0.15, -0.1) is 0 Å². The van der Waals surface area contributed by atoms with Crippen molar-refractivity contribution in [2.45, 2.75) is 32.2 Å². The van der Waals surface area contributed by atoms with Crippen molar-refractivity contribution in [2.24, 2.45) is 7.05 Å². The molecule has 1 aliphatic rings.